The molecular formula is C22H21IN2O5. The highest BCUT2D eigenvalue weighted by atomic mass is 127. The Balaban J connectivity index is 2.22. The number of rotatable bonds is 8. The van der Waals surface area contributed by atoms with Crippen LogP contribution in [0, 0.1) is 14.9 Å². The zero-order chi connectivity index (χ0) is 22.1. The predicted octanol–water partition coefficient (Wildman–Crippen LogP) is 4.42. The van der Waals surface area contributed by atoms with E-state index in [-0.39, 0.29) is 12.2 Å². The van der Waals surface area contributed by atoms with Crippen molar-refractivity contribution in [3.8, 4) is 17.6 Å². The van der Waals surface area contributed by atoms with Gasteiger partial charge in [0.2, 0.25) is 0 Å². The fourth-order valence-electron chi connectivity index (χ4n) is 2.53. The number of benzene rings is 2. The molecule has 2 aromatic carbocycles. The summed E-state index contributed by atoms with van der Waals surface area (Å²) in [5.74, 6) is 0.126. The molecular weight excluding hydrogens is 499 g/mol. The SMILES string of the molecule is CCOC(=O)c1ccc(NC(=O)/C(C#N)=C/c2cc(I)c(OCC)c(OC)c2)cc1. The van der Waals surface area contributed by atoms with E-state index in [0.717, 1.165) is 3.57 Å². The van der Waals surface area contributed by atoms with Crippen LogP contribution in [-0.4, -0.2) is 32.2 Å². The molecule has 1 N–H and O–H groups in total. The van der Waals surface area contributed by atoms with Gasteiger partial charge in [0.25, 0.3) is 5.91 Å². The van der Waals surface area contributed by atoms with E-state index in [1.165, 1.54) is 13.2 Å². The molecule has 2 aromatic rings. The zero-order valence-electron chi connectivity index (χ0n) is 16.8. The number of carbonyl (C=O) groups excluding carboxylic acids is 2. The predicted molar refractivity (Wildman–Crippen MR) is 121 cm³/mol. The van der Waals surface area contributed by atoms with Gasteiger partial charge in [-0.05, 0) is 84.5 Å². The Hall–Kier alpha value is -3.06. The van der Waals surface area contributed by atoms with Crippen LogP contribution >= 0.6 is 22.6 Å². The lowest BCUT2D eigenvalue weighted by Gasteiger charge is -2.12. The van der Waals surface area contributed by atoms with Crippen molar-refractivity contribution in [1.82, 2.24) is 0 Å². The number of esters is 1. The minimum absolute atomic E-state index is 0.0773. The number of nitriles is 1. The van der Waals surface area contributed by atoms with E-state index in [1.807, 2.05) is 13.0 Å². The Morgan fingerprint density at radius 2 is 1.87 bits per heavy atom. The van der Waals surface area contributed by atoms with Gasteiger partial charge in [-0.1, -0.05) is 0 Å². The Kier molecular flexibility index (Phi) is 8.68. The summed E-state index contributed by atoms with van der Waals surface area (Å²) in [5.41, 5.74) is 1.38. The second kappa shape index (κ2) is 11.2. The van der Waals surface area contributed by atoms with Crippen molar-refractivity contribution in [2.75, 3.05) is 25.6 Å². The molecule has 0 aromatic heterocycles. The lowest BCUT2D eigenvalue weighted by molar-refractivity contribution is -0.112. The van der Waals surface area contributed by atoms with Crippen LogP contribution in [0.5, 0.6) is 11.5 Å². The minimum Gasteiger partial charge on any atom is -0.493 e. The van der Waals surface area contributed by atoms with Gasteiger partial charge in [0, 0.05) is 5.69 Å². The second-order valence-electron chi connectivity index (χ2n) is 5.89. The highest BCUT2D eigenvalue weighted by Crippen LogP contribution is 2.34. The van der Waals surface area contributed by atoms with Gasteiger partial charge in [0.1, 0.15) is 11.6 Å². The number of halogens is 1. The molecule has 1 amide bonds. The zero-order valence-corrected chi connectivity index (χ0v) is 19.0. The van der Waals surface area contributed by atoms with Gasteiger partial charge in [0.05, 0.1) is 29.5 Å². The van der Waals surface area contributed by atoms with Crippen molar-refractivity contribution < 1.29 is 23.8 Å². The Morgan fingerprint density at radius 3 is 2.43 bits per heavy atom. The van der Waals surface area contributed by atoms with Crippen LogP contribution in [0.25, 0.3) is 6.08 Å². The lowest BCUT2D eigenvalue weighted by Crippen LogP contribution is -2.13. The average molecular weight is 520 g/mol. The van der Waals surface area contributed by atoms with Gasteiger partial charge in [0.15, 0.2) is 11.5 Å². The van der Waals surface area contributed by atoms with Crippen LogP contribution < -0.4 is 14.8 Å². The van der Waals surface area contributed by atoms with Crippen molar-refractivity contribution in [2.24, 2.45) is 0 Å². The molecule has 0 saturated heterocycles. The maximum Gasteiger partial charge on any atom is 0.338 e. The van der Waals surface area contributed by atoms with Gasteiger partial charge in [-0.15, -0.1) is 0 Å². The molecule has 0 saturated carbocycles. The molecule has 156 valence electrons. The molecule has 0 radical (unpaired) electrons. The molecule has 0 fully saturated rings. The molecule has 2 rings (SSSR count). The van der Waals surface area contributed by atoms with E-state index in [4.69, 9.17) is 14.2 Å². The summed E-state index contributed by atoms with van der Waals surface area (Å²) in [4.78, 5) is 24.2. The van der Waals surface area contributed by atoms with Crippen LogP contribution in [0.15, 0.2) is 42.0 Å². The number of hydrogen-bond donors (Lipinski definition) is 1. The molecule has 0 spiro atoms. The van der Waals surface area contributed by atoms with E-state index in [9.17, 15) is 14.9 Å². The smallest absolute Gasteiger partial charge is 0.338 e. The number of hydrogen-bond acceptors (Lipinski definition) is 6. The van der Waals surface area contributed by atoms with Crippen LogP contribution in [0.4, 0.5) is 5.69 Å². The Morgan fingerprint density at radius 1 is 1.17 bits per heavy atom. The minimum atomic E-state index is -0.566. The largest absolute Gasteiger partial charge is 0.493 e. The molecule has 0 bridgehead atoms. The highest BCUT2D eigenvalue weighted by molar-refractivity contribution is 14.1. The summed E-state index contributed by atoms with van der Waals surface area (Å²) in [6.45, 7) is 4.37. The van der Waals surface area contributed by atoms with E-state index in [2.05, 4.69) is 27.9 Å². The molecule has 0 aliphatic carbocycles. The van der Waals surface area contributed by atoms with Crippen molar-refractivity contribution >= 4 is 46.2 Å². The number of nitrogens with one attached hydrogen (secondary N) is 1. The summed E-state index contributed by atoms with van der Waals surface area (Å²) in [6.07, 6.45) is 1.47. The molecule has 0 atom stereocenters. The molecule has 0 heterocycles. The van der Waals surface area contributed by atoms with Gasteiger partial charge >= 0.3 is 5.97 Å². The van der Waals surface area contributed by atoms with Crippen molar-refractivity contribution in [3.05, 3.63) is 56.7 Å². The first-order valence-corrected chi connectivity index (χ1v) is 10.2. The van der Waals surface area contributed by atoms with Crippen LogP contribution in [0.3, 0.4) is 0 Å². The third-order valence-electron chi connectivity index (χ3n) is 3.87. The Labute approximate surface area is 188 Å². The van der Waals surface area contributed by atoms with Gasteiger partial charge in [-0.25, -0.2) is 4.79 Å². The third-order valence-corrected chi connectivity index (χ3v) is 4.67. The fraction of sp³-hybridized carbons (Fsp3) is 0.227. The number of anilines is 1. The summed E-state index contributed by atoms with van der Waals surface area (Å²) in [7, 11) is 1.53. The van der Waals surface area contributed by atoms with E-state index < -0.39 is 11.9 Å². The third kappa shape index (κ3) is 5.97. The highest BCUT2D eigenvalue weighted by Gasteiger charge is 2.14. The molecule has 0 unspecified atom stereocenters. The summed E-state index contributed by atoms with van der Waals surface area (Å²) >= 11 is 2.11. The maximum absolute atomic E-state index is 12.5. The van der Waals surface area contributed by atoms with Crippen molar-refractivity contribution in [3.63, 3.8) is 0 Å². The monoisotopic (exact) mass is 520 g/mol. The molecule has 30 heavy (non-hydrogen) atoms. The maximum atomic E-state index is 12.5. The van der Waals surface area contributed by atoms with Crippen LogP contribution in [0.1, 0.15) is 29.8 Å². The molecule has 0 aliphatic rings. The topological polar surface area (TPSA) is 97.7 Å². The van der Waals surface area contributed by atoms with E-state index in [1.54, 1.807) is 43.3 Å². The summed E-state index contributed by atoms with van der Waals surface area (Å²) in [6, 6.07) is 11.6. The van der Waals surface area contributed by atoms with Crippen LogP contribution in [0.2, 0.25) is 0 Å². The number of carbonyl (C=O) groups is 2. The second-order valence-corrected chi connectivity index (χ2v) is 7.05. The summed E-state index contributed by atoms with van der Waals surface area (Å²) in [5, 5.41) is 12.1. The molecule has 0 aliphatic heterocycles. The Bertz CT molecular complexity index is 994. The number of nitrogens with zero attached hydrogens (tertiary/aromatic N) is 1. The lowest BCUT2D eigenvalue weighted by atomic mass is 10.1. The van der Waals surface area contributed by atoms with E-state index >= 15 is 0 Å². The first-order valence-electron chi connectivity index (χ1n) is 9.14. The average Bonchev–Trinajstić information content (AvgIpc) is 2.74. The van der Waals surface area contributed by atoms with Gasteiger partial charge < -0.3 is 19.5 Å². The van der Waals surface area contributed by atoms with Crippen molar-refractivity contribution in [2.45, 2.75) is 13.8 Å². The standard InChI is InChI=1S/C22H21IN2O5/c1-4-29-20-18(23)11-14(12-19(20)28-3)10-16(13-24)21(26)25-17-8-6-15(7-9-17)22(27)30-5-2/h6-12H,4-5H2,1-3H3,(H,25,26)/b16-10+. The van der Waals surface area contributed by atoms with Gasteiger partial charge in [-0.2, -0.15) is 5.26 Å². The first-order chi connectivity index (χ1) is 14.4. The first kappa shape index (κ1) is 23.2. The fourth-order valence-corrected chi connectivity index (χ4v) is 3.31. The van der Waals surface area contributed by atoms with Crippen LogP contribution in [-0.2, 0) is 9.53 Å². The number of methoxy groups -OCH3 is 1. The number of ether oxygens (including phenoxy) is 3. The quantitative estimate of drug-likeness (QED) is 0.240. The molecule has 8 heteroatoms. The summed E-state index contributed by atoms with van der Waals surface area (Å²) < 4.78 is 16.7. The molecule has 7 nitrogen and oxygen atoms in total. The van der Waals surface area contributed by atoms with E-state index in [0.29, 0.717) is 34.9 Å². The normalized spacial score (nSPS) is 10.7. The number of amides is 1. The van der Waals surface area contributed by atoms with Crippen molar-refractivity contribution in [1.29, 1.82) is 5.26 Å². The van der Waals surface area contributed by atoms with Gasteiger partial charge in [-0.3, -0.25) is 4.79 Å².